The molecule has 1 aromatic heterocycles. The van der Waals surface area contributed by atoms with E-state index in [0.29, 0.717) is 41.3 Å². The van der Waals surface area contributed by atoms with E-state index in [4.69, 9.17) is 0 Å². The number of carboxylic acids is 1. The summed E-state index contributed by atoms with van der Waals surface area (Å²) >= 11 is 1.27. The molecule has 0 bridgehead atoms. The van der Waals surface area contributed by atoms with E-state index >= 15 is 0 Å². The summed E-state index contributed by atoms with van der Waals surface area (Å²) in [6.45, 7) is 0.955. The van der Waals surface area contributed by atoms with Crippen LogP contribution in [0.1, 0.15) is 57.8 Å². The number of aliphatic carboxylic acids is 1. The third kappa shape index (κ3) is 5.65. The molecule has 9 nitrogen and oxygen atoms in total. The average molecular weight is 565 g/mol. The number of thiophene rings is 1. The van der Waals surface area contributed by atoms with E-state index in [9.17, 15) is 24.3 Å². The number of benzene rings is 1. The monoisotopic (exact) mass is 564 g/mol. The van der Waals surface area contributed by atoms with Crippen molar-refractivity contribution in [3.63, 3.8) is 0 Å². The molecule has 4 aliphatic rings. The van der Waals surface area contributed by atoms with Crippen LogP contribution in [0.15, 0.2) is 41.8 Å². The smallest absolute Gasteiger partial charge is 0.342 e. The van der Waals surface area contributed by atoms with Crippen molar-refractivity contribution in [2.45, 2.75) is 70.0 Å². The molecule has 0 saturated heterocycles. The number of nitrogens with one attached hydrogen (secondary N) is 1. The summed E-state index contributed by atoms with van der Waals surface area (Å²) in [5, 5.41) is 15.6. The fourth-order valence-corrected chi connectivity index (χ4v) is 6.76. The van der Waals surface area contributed by atoms with Gasteiger partial charge in [-0.25, -0.2) is 4.79 Å². The minimum atomic E-state index is -1.57. The lowest BCUT2D eigenvalue weighted by molar-refractivity contribution is -0.142. The van der Waals surface area contributed by atoms with Gasteiger partial charge in [-0.1, -0.05) is 25.0 Å². The Hall–Kier alpha value is -3.24. The van der Waals surface area contributed by atoms with Crippen molar-refractivity contribution < 1.29 is 24.3 Å². The molecule has 1 aromatic carbocycles. The number of anilines is 3. The summed E-state index contributed by atoms with van der Waals surface area (Å²) in [5.41, 5.74) is 1.36. The van der Waals surface area contributed by atoms with Gasteiger partial charge < -0.3 is 14.9 Å². The first-order valence-electron chi connectivity index (χ1n) is 14.5. The van der Waals surface area contributed by atoms with Gasteiger partial charge in [-0.15, -0.1) is 11.3 Å². The lowest BCUT2D eigenvalue weighted by Gasteiger charge is -2.33. The van der Waals surface area contributed by atoms with E-state index < -0.39 is 30.0 Å². The zero-order valence-corrected chi connectivity index (χ0v) is 23.4. The Morgan fingerprint density at radius 1 is 0.875 bits per heavy atom. The minimum Gasteiger partial charge on any atom is -0.479 e. The molecular formula is C30H36N4O5S. The molecule has 0 radical (unpaired) electrons. The average Bonchev–Trinajstić information content (AvgIpc) is 3.84. The number of para-hydroxylation sites is 2. The van der Waals surface area contributed by atoms with Gasteiger partial charge in [0.1, 0.15) is 0 Å². The van der Waals surface area contributed by atoms with E-state index in [1.165, 1.54) is 16.2 Å². The van der Waals surface area contributed by atoms with Gasteiger partial charge in [0.25, 0.3) is 11.8 Å². The van der Waals surface area contributed by atoms with Crippen molar-refractivity contribution in [3.05, 3.63) is 41.8 Å². The summed E-state index contributed by atoms with van der Waals surface area (Å²) < 4.78 is 0. The Labute approximate surface area is 238 Å². The van der Waals surface area contributed by atoms with Gasteiger partial charge in [0.05, 0.1) is 16.4 Å². The number of hydrogen-bond acceptors (Lipinski definition) is 6. The maximum atomic E-state index is 14.2. The molecular weight excluding hydrogens is 528 g/mol. The van der Waals surface area contributed by atoms with Gasteiger partial charge in [0, 0.05) is 19.5 Å². The SMILES string of the molecule is O=C(O)C(NC1C(=O)N(CC2CC2)c2ccccc2N(CC2CC2)C1=O)N(C(=O)CC1CCCC1)c1cccs1. The molecule has 6 rings (SSSR count). The van der Waals surface area contributed by atoms with Crippen molar-refractivity contribution in [2.24, 2.45) is 17.8 Å². The van der Waals surface area contributed by atoms with E-state index in [1.807, 2.05) is 24.3 Å². The second-order valence-electron chi connectivity index (χ2n) is 11.7. The highest BCUT2D eigenvalue weighted by atomic mass is 32.1. The molecule has 1 atom stereocenters. The standard InChI is InChI=1S/C30H36N4O5S/c35-24(16-19-6-1-2-7-19)34(25-10-5-15-40-25)27(30(38)39)31-26-28(36)32(17-20-11-12-20)22-8-3-4-9-23(22)33(29(26)37)18-21-13-14-21/h3-5,8-10,15,19-21,26-27,31H,1-2,6-7,11-14,16-18H2,(H,38,39). The second-order valence-corrected chi connectivity index (χ2v) is 12.6. The van der Waals surface area contributed by atoms with E-state index in [-0.39, 0.29) is 18.2 Å². The molecule has 3 saturated carbocycles. The predicted octanol–water partition coefficient (Wildman–Crippen LogP) is 4.23. The first-order valence-corrected chi connectivity index (χ1v) is 15.3. The number of rotatable bonds is 11. The molecule has 40 heavy (non-hydrogen) atoms. The maximum Gasteiger partial charge on any atom is 0.342 e. The van der Waals surface area contributed by atoms with Crippen LogP contribution in [0.25, 0.3) is 0 Å². The molecule has 212 valence electrons. The van der Waals surface area contributed by atoms with Gasteiger partial charge in [0.2, 0.25) is 5.91 Å². The van der Waals surface area contributed by atoms with Crippen LogP contribution in [0.3, 0.4) is 0 Å². The zero-order chi connectivity index (χ0) is 27.8. The van der Waals surface area contributed by atoms with Crippen LogP contribution < -0.4 is 20.0 Å². The number of nitrogens with zero attached hydrogens (tertiary/aromatic N) is 3. The molecule has 2 N–H and O–H groups in total. The molecule has 3 aliphatic carbocycles. The third-order valence-electron chi connectivity index (χ3n) is 8.53. The third-order valence-corrected chi connectivity index (χ3v) is 9.40. The molecule has 1 aliphatic heterocycles. The van der Waals surface area contributed by atoms with Gasteiger partial charge in [-0.05, 0) is 85.9 Å². The Balaban J connectivity index is 1.35. The Bertz CT molecular complexity index is 1220. The van der Waals surface area contributed by atoms with Crippen LogP contribution in [-0.2, 0) is 19.2 Å². The summed E-state index contributed by atoms with van der Waals surface area (Å²) in [6.07, 6.45) is 6.76. The maximum absolute atomic E-state index is 14.2. The largest absolute Gasteiger partial charge is 0.479 e. The second kappa shape index (κ2) is 11.3. The van der Waals surface area contributed by atoms with Gasteiger partial charge >= 0.3 is 5.97 Å². The van der Waals surface area contributed by atoms with Crippen LogP contribution in [0.5, 0.6) is 0 Å². The van der Waals surface area contributed by atoms with Gasteiger partial charge in [0.15, 0.2) is 12.2 Å². The highest BCUT2D eigenvalue weighted by Crippen LogP contribution is 2.40. The first kappa shape index (κ1) is 27.0. The van der Waals surface area contributed by atoms with Crippen molar-refractivity contribution in [3.8, 4) is 0 Å². The van der Waals surface area contributed by atoms with Crippen LogP contribution in [0, 0.1) is 17.8 Å². The van der Waals surface area contributed by atoms with Crippen molar-refractivity contribution >= 4 is 51.4 Å². The summed E-state index contributed by atoms with van der Waals surface area (Å²) in [7, 11) is 0. The normalized spacial score (nSPS) is 20.9. The lowest BCUT2D eigenvalue weighted by Crippen LogP contribution is -2.63. The molecule has 2 heterocycles. The summed E-state index contributed by atoms with van der Waals surface area (Å²) in [5.74, 6) is -1.63. The van der Waals surface area contributed by atoms with Crippen LogP contribution in [0.4, 0.5) is 16.4 Å². The van der Waals surface area contributed by atoms with Crippen molar-refractivity contribution in [1.29, 1.82) is 0 Å². The van der Waals surface area contributed by atoms with Gasteiger partial charge in [-0.2, -0.15) is 0 Å². The molecule has 1 unspecified atom stereocenters. The Morgan fingerprint density at radius 2 is 1.45 bits per heavy atom. The molecule has 10 heteroatoms. The summed E-state index contributed by atoms with van der Waals surface area (Å²) in [6, 6.07) is 9.49. The molecule has 0 spiro atoms. The molecule has 3 amide bonds. The zero-order valence-electron chi connectivity index (χ0n) is 22.5. The number of hydrogen-bond donors (Lipinski definition) is 2. The first-order chi connectivity index (χ1) is 19.4. The van der Waals surface area contributed by atoms with Crippen LogP contribution in [0.2, 0.25) is 0 Å². The number of amides is 3. The highest BCUT2D eigenvalue weighted by molar-refractivity contribution is 7.14. The minimum absolute atomic E-state index is 0.211. The van der Waals surface area contributed by atoms with Crippen LogP contribution in [-0.4, -0.2) is 54.1 Å². The Kier molecular flexibility index (Phi) is 7.63. The van der Waals surface area contributed by atoms with Crippen molar-refractivity contribution in [2.75, 3.05) is 27.8 Å². The van der Waals surface area contributed by atoms with Crippen molar-refractivity contribution in [1.82, 2.24) is 5.32 Å². The molecule has 3 fully saturated rings. The number of carbonyl (C=O) groups is 4. The van der Waals surface area contributed by atoms with E-state index in [2.05, 4.69) is 5.32 Å². The van der Waals surface area contributed by atoms with E-state index in [1.54, 1.807) is 27.3 Å². The quantitative estimate of drug-likeness (QED) is 0.312. The number of carboxylic acid groups (broad SMARTS) is 1. The van der Waals surface area contributed by atoms with E-state index in [0.717, 1.165) is 51.4 Å². The molecule has 2 aromatic rings. The predicted molar refractivity (Wildman–Crippen MR) is 153 cm³/mol. The Morgan fingerprint density at radius 3 is 1.93 bits per heavy atom. The fraction of sp³-hybridized carbons (Fsp3) is 0.533. The van der Waals surface area contributed by atoms with Crippen LogP contribution >= 0.6 is 11.3 Å². The highest BCUT2D eigenvalue weighted by Gasteiger charge is 2.46. The fourth-order valence-electron chi connectivity index (χ4n) is 5.99. The lowest BCUT2D eigenvalue weighted by atomic mass is 10.0. The number of fused-ring (bicyclic) bond motifs is 1. The topological polar surface area (TPSA) is 110 Å². The number of carbonyl (C=O) groups excluding carboxylic acids is 3. The van der Waals surface area contributed by atoms with Gasteiger partial charge in [-0.3, -0.25) is 24.6 Å². The summed E-state index contributed by atoms with van der Waals surface area (Å²) in [4.78, 5) is 59.4.